The first-order valence-electron chi connectivity index (χ1n) is 9.54. The largest absolute Gasteiger partial charge is 0.481 e. The summed E-state index contributed by atoms with van der Waals surface area (Å²) < 4.78 is 6.60. The van der Waals surface area contributed by atoms with Gasteiger partial charge in [-0.3, -0.25) is 4.90 Å². The van der Waals surface area contributed by atoms with Crippen LogP contribution in [-0.2, 0) is 18.6 Å². The number of fused-ring (bicyclic) bond motifs is 3. The van der Waals surface area contributed by atoms with E-state index in [2.05, 4.69) is 72.2 Å². The van der Waals surface area contributed by atoms with Gasteiger partial charge in [-0.15, -0.1) is 0 Å². The first-order chi connectivity index (χ1) is 12.2. The molecule has 2 heterocycles. The van der Waals surface area contributed by atoms with Crippen molar-refractivity contribution in [3.05, 3.63) is 65.2 Å². The van der Waals surface area contributed by atoms with Crippen LogP contribution in [0.1, 0.15) is 30.5 Å². The molecule has 2 aliphatic heterocycles. The predicted octanol–water partition coefficient (Wildman–Crippen LogP) is 3.67. The Morgan fingerprint density at radius 3 is 2.48 bits per heavy atom. The van der Waals surface area contributed by atoms with Crippen LogP contribution in [-0.4, -0.2) is 42.5 Å². The second kappa shape index (κ2) is 6.81. The highest BCUT2D eigenvalue weighted by Gasteiger charge is 2.45. The van der Waals surface area contributed by atoms with Gasteiger partial charge >= 0.3 is 0 Å². The molecular formula is C22H28N2O. The highest BCUT2D eigenvalue weighted by molar-refractivity contribution is 5.46. The minimum Gasteiger partial charge on any atom is -0.481 e. The van der Waals surface area contributed by atoms with Crippen molar-refractivity contribution < 1.29 is 4.74 Å². The van der Waals surface area contributed by atoms with E-state index in [0.717, 1.165) is 51.4 Å². The third-order valence-electron chi connectivity index (χ3n) is 5.76. The van der Waals surface area contributed by atoms with Crippen molar-refractivity contribution >= 4 is 0 Å². The van der Waals surface area contributed by atoms with Crippen LogP contribution in [0.4, 0.5) is 0 Å². The third-order valence-corrected chi connectivity index (χ3v) is 5.76. The molecular weight excluding hydrogens is 308 g/mol. The fraction of sp³-hybridized carbons (Fsp3) is 0.455. The van der Waals surface area contributed by atoms with Gasteiger partial charge in [0.2, 0.25) is 0 Å². The van der Waals surface area contributed by atoms with Crippen LogP contribution in [0.3, 0.4) is 0 Å². The van der Waals surface area contributed by atoms with E-state index in [0.29, 0.717) is 0 Å². The Hall–Kier alpha value is -1.84. The average molecular weight is 336 g/mol. The molecule has 0 aromatic heterocycles. The van der Waals surface area contributed by atoms with E-state index in [-0.39, 0.29) is 5.60 Å². The van der Waals surface area contributed by atoms with Crippen LogP contribution in [0.15, 0.2) is 48.5 Å². The average Bonchev–Trinajstić information content (AvgIpc) is 3.01. The number of hydrogen-bond acceptors (Lipinski definition) is 3. The van der Waals surface area contributed by atoms with Gasteiger partial charge in [-0.25, -0.2) is 0 Å². The molecule has 0 saturated carbocycles. The first-order valence-corrected chi connectivity index (χ1v) is 9.54. The maximum Gasteiger partial charge on any atom is 0.151 e. The molecule has 0 fully saturated rings. The summed E-state index contributed by atoms with van der Waals surface area (Å²) in [5, 5.41) is 0. The summed E-state index contributed by atoms with van der Waals surface area (Å²) in [6.07, 6.45) is 0.974. The molecule has 2 aromatic rings. The van der Waals surface area contributed by atoms with Gasteiger partial charge in [0, 0.05) is 38.2 Å². The highest BCUT2D eigenvalue weighted by Crippen LogP contribution is 2.45. The van der Waals surface area contributed by atoms with E-state index in [9.17, 15) is 0 Å². The quantitative estimate of drug-likeness (QED) is 0.828. The van der Waals surface area contributed by atoms with Crippen molar-refractivity contribution in [3.63, 3.8) is 0 Å². The Kier molecular flexibility index (Phi) is 4.53. The molecule has 0 saturated heterocycles. The number of likely N-dealkylation sites (N-methyl/N-ethyl adjacent to an activating group) is 1. The Morgan fingerprint density at radius 2 is 1.72 bits per heavy atom. The highest BCUT2D eigenvalue weighted by atomic mass is 16.5. The number of benzene rings is 2. The van der Waals surface area contributed by atoms with Crippen LogP contribution in [0.2, 0.25) is 0 Å². The van der Waals surface area contributed by atoms with E-state index in [1.165, 1.54) is 16.7 Å². The molecule has 1 spiro atoms. The summed E-state index contributed by atoms with van der Waals surface area (Å²) in [5.41, 5.74) is 3.91. The van der Waals surface area contributed by atoms with Crippen LogP contribution < -0.4 is 4.74 Å². The molecule has 1 unspecified atom stereocenters. The molecule has 132 valence electrons. The van der Waals surface area contributed by atoms with Crippen molar-refractivity contribution in [1.29, 1.82) is 0 Å². The summed E-state index contributed by atoms with van der Waals surface area (Å²) in [4.78, 5) is 5.07. The maximum atomic E-state index is 6.60. The summed E-state index contributed by atoms with van der Waals surface area (Å²) in [6, 6.07) is 17.4. The van der Waals surface area contributed by atoms with E-state index < -0.39 is 0 Å². The van der Waals surface area contributed by atoms with Crippen LogP contribution in [0.5, 0.6) is 5.75 Å². The lowest BCUT2D eigenvalue weighted by molar-refractivity contribution is 0.0224. The van der Waals surface area contributed by atoms with Gasteiger partial charge in [0.05, 0.1) is 0 Å². The molecule has 1 atom stereocenters. The van der Waals surface area contributed by atoms with E-state index in [1.807, 2.05) is 0 Å². The Labute approximate surface area is 151 Å². The molecule has 4 rings (SSSR count). The minimum absolute atomic E-state index is 0.220. The Balaban J connectivity index is 1.61. The second-order valence-corrected chi connectivity index (χ2v) is 7.28. The normalized spacial score (nSPS) is 22.0. The lowest BCUT2D eigenvalue weighted by atomic mass is 9.82. The van der Waals surface area contributed by atoms with Gasteiger partial charge in [-0.2, -0.15) is 0 Å². The molecule has 0 N–H and O–H groups in total. The molecule has 0 amide bonds. The van der Waals surface area contributed by atoms with E-state index in [4.69, 9.17) is 4.74 Å². The Morgan fingerprint density at radius 1 is 1.00 bits per heavy atom. The Bertz CT molecular complexity index is 713. The molecule has 0 bridgehead atoms. The van der Waals surface area contributed by atoms with E-state index >= 15 is 0 Å². The summed E-state index contributed by atoms with van der Waals surface area (Å²) in [7, 11) is 0. The SMILES string of the molecule is CCN(CC)CCN1Cc2ccccc2C2(Cc3ccccc3O2)C1. The summed E-state index contributed by atoms with van der Waals surface area (Å²) in [5.74, 6) is 1.06. The van der Waals surface area contributed by atoms with Crippen molar-refractivity contribution in [2.75, 3.05) is 32.7 Å². The van der Waals surface area contributed by atoms with Gasteiger partial charge < -0.3 is 9.64 Å². The maximum absolute atomic E-state index is 6.60. The fourth-order valence-corrected chi connectivity index (χ4v) is 4.37. The number of nitrogens with zero attached hydrogens (tertiary/aromatic N) is 2. The molecule has 0 aliphatic carbocycles. The summed E-state index contributed by atoms with van der Waals surface area (Å²) in [6.45, 7) is 10.9. The zero-order valence-electron chi connectivity index (χ0n) is 15.4. The number of rotatable bonds is 5. The summed E-state index contributed by atoms with van der Waals surface area (Å²) >= 11 is 0. The predicted molar refractivity (Wildman–Crippen MR) is 102 cm³/mol. The van der Waals surface area contributed by atoms with Gasteiger partial charge in [0.25, 0.3) is 0 Å². The van der Waals surface area contributed by atoms with Crippen molar-refractivity contribution in [2.24, 2.45) is 0 Å². The lowest BCUT2D eigenvalue weighted by Crippen LogP contribution is -2.50. The molecule has 0 radical (unpaired) electrons. The number of hydrogen-bond donors (Lipinski definition) is 0. The minimum atomic E-state index is -0.220. The van der Waals surface area contributed by atoms with Gasteiger partial charge in [-0.05, 0) is 30.3 Å². The topological polar surface area (TPSA) is 15.7 Å². The smallest absolute Gasteiger partial charge is 0.151 e. The molecule has 3 nitrogen and oxygen atoms in total. The first kappa shape index (κ1) is 16.6. The second-order valence-electron chi connectivity index (χ2n) is 7.28. The lowest BCUT2D eigenvalue weighted by Gasteiger charge is -2.41. The van der Waals surface area contributed by atoms with Crippen LogP contribution in [0, 0.1) is 0 Å². The molecule has 2 aliphatic rings. The van der Waals surface area contributed by atoms with Crippen LogP contribution >= 0.6 is 0 Å². The number of ether oxygens (including phenoxy) is 1. The van der Waals surface area contributed by atoms with Gasteiger partial charge in [-0.1, -0.05) is 56.3 Å². The van der Waals surface area contributed by atoms with Crippen LogP contribution in [0.25, 0.3) is 0 Å². The van der Waals surface area contributed by atoms with Crippen molar-refractivity contribution in [1.82, 2.24) is 9.80 Å². The van der Waals surface area contributed by atoms with Crippen molar-refractivity contribution in [2.45, 2.75) is 32.4 Å². The molecule has 3 heteroatoms. The zero-order chi connectivity index (χ0) is 17.3. The van der Waals surface area contributed by atoms with Crippen molar-refractivity contribution in [3.8, 4) is 5.75 Å². The van der Waals surface area contributed by atoms with Gasteiger partial charge in [0.1, 0.15) is 5.75 Å². The third kappa shape index (κ3) is 3.07. The standard InChI is InChI=1S/C22H28N2O/c1-3-23(4-2)13-14-24-16-19-10-5-7-11-20(19)22(17-24)15-18-9-6-8-12-21(18)25-22/h5-12H,3-4,13-17H2,1-2H3. The zero-order valence-corrected chi connectivity index (χ0v) is 15.4. The molecule has 2 aromatic carbocycles. The van der Waals surface area contributed by atoms with E-state index in [1.54, 1.807) is 0 Å². The molecule has 25 heavy (non-hydrogen) atoms. The fourth-order valence-electron chi connectivity index (χ4n) is 4.37. The van der Waals surface area contributed by atoms with Gasteiger partial charge in [0.15, 0.2) is 5.60 Å². The number of para-hydroxylation sites is 1. The monoisotopic (exact) mass is 336 g/mol.